The van der Waals surface area contributed by atoms with Gasteiger partial charge in [0.1, 0.15) is 6.04 Å². The van der Waals surface area contributed by atoms with Crippen molar-refractivity contribution in [1.82, 2.24) is 4.72 Å². The highest BCUT2D eigenvalue weighted by atomic mass is 79.9. The SMILES string of the molecule is N#CCc1ccc(NC(=O)COC(=O)C(CO)NS(=O)(=O)c2ccc(Br)cc2)cc1. The van der Waals surface area contributed by atoms with Crippen LogP contribution in [0.2, 0.25) is 0 Å². The normalized spacial score (nSPS) is 11.9. The number of nitrogens with one attached hydrogen (secondary N) is 2. The number of hydrogen-bond donors (Lipinski definition) is 3. The minimum atomic E-state index is -4.08. The number of nitrogens with zero attached hydrogens (tertiary/aromatic N) is 1. The van der Waals surface area contributed by atoms with Crippen LogP contribution in [0.3, 0.4) is 0 Å². The summed E-state index contributed by atoms with van der Waals surface area (Å²) >= 11 is 3.19. The first-order valence-electron chi connectivity index (χ1n) is 8.56. The molecule has 0 saturated carbocycles. The van der Waals surface area contributed by atoms with Crippen molar-refractivity contribution < 1.29 is 27.9 Å². The van der Waals surface area contributed by atoms with Gasteiger partial charge in [0, 0.05) is 10.2 Å². The van der Waals surface area contributed by atoms with E-state index in [-0.39, 0.29) is 11.3 Å². The van der Waals surface area contributed by atoms with Crippen LogP contribution in [0.25, 0.3) is 0 Å². The summed E-state index contributed by atoms with van der Waals surface area (Å²) < 4.78 is 32.2. The number of nitriles is 1. The smallest absolute Gasteiger partial charge is 0.327 e. The molecule has 0 aliphatic heterocycles. The van der Waals surface area contributed by atoms with Crippen molar-refractivity contribution in [2.45, 2.75) is 17.4 Å². The first-order valence-corrected chi connectivity index (χ1v) is 10.8. The lowest BCUT2D eigenvalue weighted by molar-refractivity contribution is -0.149. The highest BCUT2D eigenvalue weighted by Crippen LogP contribution is 2.15. The van der Waals surface area contributed by atoms with Gasteiger partial charge in [0.2, 0.25) is 10.0 Å². The zero-order chi connectivity index (χ0) is 22.1. The number of rotatable bonds is 9. The highest BCUT2D eigenvalue weighted by molar-refractivity contribution is 9.10. The van der Waals surface area contributed by atoms with Gasteiger partial charge in [-0.05, 0) is 42.0 Å². The molecular weight excluding hydrogens is 478 g/mol. The Labute approximate surface area is 181 Å². The topological polar surface area (TPSA) is 146 Å². The van der Waals surface area contributed by atoms with Gasteiger partial charge in [-0.3, -0.25) is 9.59 Å². The van der Waals surface area contributed by atoms with Gasteiger partial charge in [-0.1, -0.05) is 28.1 Å². The van der Waals surface area contributed by atoms with Crippen LogP contribution in [0.15, 0.2) is 57.9 Å². The molecule has 0 bridgehead atoms. The number of sulfonamides is 1. The Hall–Kier alpha value is -2.78. The second-order valence-corrected chi connectivity index (χ2v) is 8.63. The molecule has 0 spiro atoms. The van der Waals surface area contributed by atoms with Crippen LogP contribution in [0.1, 0.15) is 5.56 Å². The molecule has 3 N–H and O–H groups in total. The molecule has 0 heterocycles. The number of halogens is 1. The molecule has 30 heavy (non-hydrogen) atoms. The van der Waals surface area contributed by atoms with E-state index in [2.05, 4.69) is 21.2 Å². The summed E-state index contributed by atoms with van der Waals surface area (Å²) in [5.74, 6) is -1.75. The second-order valence-electron chi connectivity index (χ2n) is 6.00. The van der Waals surface area contributed by atoms with Crippen molar-refractivity contribution in [1.29, 1.82) is 5.26 Å². The molecule has 0 aliphatic rings. The third-order valence-corrected chi connectivity index (χ3v) is 5.77. The van der Waals surface area contributed by atoms with E-state index in [1.54, 1.807) is 24.3 Å². The number of anilines is 1. The van der Waals surface area contributed by atoms with E-state index in [1.807, 2.05) is 10.8 Å². The summed E-state index contributed by atoms with van der Waals surface area (Å²) in [7, 11) is -4.08. The number of hydrogen-bond acceptors (Lipinski definition) is 7. The minimum Gasteiger partial charge on any atom is -0.454 e. The summed E-state index contributed by atoms with van der Waals surface area (Å²) in [5.41, 5.74) is 1.22. The van der Waals surface area contributed by atoms with Crippen LogP contribution in [-0.4, -0.2) is 44.7 Å². The van der Waals surface area contributed by atoms with E-state index >= 15 is 0 Å². The van der Waals surface area contributed by atoms with Crippen LogP contribution < -0.4 is 10.0 Å². The largest absolute Gasteiger partial charge is 0.454 e. The zero-order valence-electron chi connectivity index (χ0n) is 15.5. The fourth-order valence-corrected chi connectivity index (χ4v) is 3.70. The standard InChI is InChI=1S/C19H18BrN3O6S/c20-14-3-7-16(8-4-14)30(27,28)23-17(11-24)19(26)29-12-18(25)22-15-5-1-13(2-6-15)9-10-21/h1-8,17,23-24H,9,11-12H2,(H,22,25). The molecule has 0 radical (unpaired) electrons. The maximum atomic E-state index is 12.3. The Morgan fingerprint density at radius 1 is 1.13 bits per heavy atom. The number of amides is 1. The molecule has 1 atom stereocenters. The fraction of sp³-hybridized carbons (Fsp3) is 0.211. The number of esters is 1. The van der Waals surface area contributed by atoms with E-state index in [1.165, 1.54) is 24.3 Å². The number of ether oxygens (including phenoxy) is 1. The van der Waals surface area contributed by atoms with Crippen molar-refractivity contribution in [3.63, 3.8) is 0 Å². The van der Waals surface area contributed by atoms with Gasteiger partial charge >= 0.3 is 5.97 Å². The van der Waals surface area contributed by atoms with Gasteiger partial charge in [0.25, 0.3) is 5.91 Å². The van der Waals surface area contributed by atoms with Crippen LogP contribution in [-0.2, 0) is 30.8 Å². The molecule has 0 saturated heterocycles. The molecule has 2 rings (SSSR count). The van der Waals surface area contributed by atoms with Crippen molar-refractivity contribution in [3.05, 3.63) is 58.6 Å². The lowest BCUT2D eigenvalue weighted by atomic mass is 10.1. The number of aliphatic hydroxyl groups excluding tert-OH is 1. The first-order chi connectivity index (χ1) is 14.2. The Bertz CT molecular complexity index is 1030. The molecule has 9 nitrogen and oxygen atoms in total. The van der Waals surface area contributed by atoms with Gasteiger partial charge in [-0.25, -0.2) is 8.42 Å². The molecule has 2 aromatic carbocycles. The van der Waals surface area contributed by atoms with Gasteiger partial charge in [0.05, 0.1) is 24.0 Å². The molecule has 1 amide bonds. The summed E-state index contributed by atoms with van der Waals surface area (Å²) in [6.45, 7) is -1.52. The van der Waals surface area contributed by atoms with E-state index in [4.69, 9.17) is 10.00 Å². The first kappa shape index (κ1) is 23.5. The Morgan fingerprint density at radius 3 is 2.33 bits per heavy atom. The molecule has 0 aliphatic carbocycles. The Morgan fingerprint density at radius 2 is 1.77 bits per heavy atom. The highest BCUT2D eigenvalue weighted by Gasteiger charge is 2.27. The molecule has 2 aromatic rings. The van der Waals surface area contributed by atoms with Gasteiger partial charge in [-0.15, -0.1) is 0 Å². The fourth-order valence-electron chi connectivity index (χ4n) is 2.26. The number of benzene rings is 2. The number of aliphatic hydroxyl groups is 1. The molecule has 0 fully saturated rings. The van der Waals surface area contributed by atoms with E-state index < -0.39 is 41.2 Å². The molecule has 1 unspecified atom stereocenters. The lowest BCUT2D eigenvalue weighted by Crippen LogP contribution is -2.44. The van der Waals surface area contributed by atoms with Crippen molar-refractivity contribution in [3.8, 4) is 6.07 Å². The maximum absolute atomic E-state index is 12.3. The lowest BCUT2D eigenvalue weighted by Gasteiger charge is -2.15. The summed E-state index contributed by atoms with van der Waals surface area (Å²) in [6.07, 6.45) is 0.241. The van der Waals surface area contributed by atoms with Crippen LogP contribution >= 0.6 is 15.9 Å². The van der Waals surface area contributed by atoms with Crippen molar-refractivity contribution in [2.24, 2.45) is 0 Å². The van der Waals surface area contributed by atoms with Crippen molar-refractivity contribution in [2.75, 3.05) is 18.5 Å². The molecule has 158 valence electrons. The predicted molar refractivity (Wildman–Crippen MR) is 111 cm³/mol. The van der Waals surface area contributed by atoms with Crippen LogP contribution in [0.5, 0.6) is 0 Å². The quantitative estimate of drug-likeness (QED) is 0.444. The molecular formula is C19H18BrN3O6S. The number of carbonyl (C=O) groups excluding carboxylic acids is 2. The third kappa shape index (κ3) is 6.93. The Balaban J connectivity index is 1.90. The summed E-state index contributed by atoms with van der Waals surface area (Å²) in [4.78, 5) is 23.9. The van der Waals surface area contributed by atoms with E-state index in [9.17, 15) is 23.1 Å². The maximum Gasteiger partial charge on any atom is 0.327 e. The van der Waals surface area contributed by atoms with E-state index in [0.717, 1.165) is 5.56 Å². The van der Waals surface area contributed by atoms with E-state index in [0.29, 0.717) is 10.2 Å². The summed E-state index contributed by atoms with van der Waals surface area (Å²) in [5, 5.41) is 20.5. The monoisotopic (exact) mass is 495 g/mol. The van der Waals surface area contributed by atoms with Gasteiger partial charge in [0.15, 0.2) is 6.61 Å². The minimum absolute atomic E-state index is 0.102. The predicted octanol–water partition coefficient (Wildman–Crippen LogP) is 1.34. The van der Waals surface area contributed by atoms with Crippen LogP contribution in [0.4, 0.5) is 5.69 Å². The third-order valence-electron chi connectivity index (χ3n) is 3.75. The van der Waals surface area contributed by atoms with Crippen molar-refractivity contribution >= 4 is 43.5 Å². The average molecular weight is 496 g/mol. The summed E-state index contributed by atoms with van der Waals surface area (Å²) in [6, 6.07) is 12.6. The van der Waals surface area contributed by atoms with Gasteiger partial charge in [-0.2, -0.15) is 9.98 Å². The Kier molecular flexibility index (Phi) is 8.49. The van der Waals surface area contributed by atoms with Gasteiger partial charge < -0.3 is 15.2 Å². The second kappa shape index (κ2) is 10.8. The average Bonchev–Trinajstić information content (AvgIpc) is 2.72. The number of carbonyl (C=O) groups is 2. The zero-order valence-corrected chi connectivity index (χ0v) is 17.9. The molecule has 11 heteroatoms. The molecule has 0 aromatic heterocycles. The van der Waals surface area contributed by atoms with Crippen LogP contribution in [0, 0.1) is 11.3 Å².